The number of ether oxygens (including phenoxy) is 1. The van der Waals surface area contributed by atoms with E-state index < -0.39 is 16.0 Å². The van der Waals surface area contributed by atoms with Crippen LogP contribution >= 0.6 is 11.3 Å². The molecule has 33 heavy (non-hydrogen) atoms. The molecule has 3 rings (SSSR count). The van der Waals surface area contributed by atoms with Crippen molar-refractivity contribution < 1.29 is 74.4 Å². The van der Waals surface area contributed by atoms with E-state index >= 15 is 0 Å². The summed E-state index contributed by atoms with van der Waals surface area (Å²) in [5.41, 5.74) is 3.18. The number of hydrogen-bond acceptors (Lipinski definition) is 7. The monoisotopic (exact) mass is 512 g/mol. The van der Waals surface area contributed by atoms with Gasteiger partial charge in [-0.15, -0.1) is 11.3 Å². The average molecular weight is 513 g/mol. The number of aryl methyl sites for hydroxylation is 2. The molecule has 0 radical (unpaired) electrons. The third-order valence-corrected chi connectivity index (χ3v) is 7.84. The average Bonchev–Trinajstić information content (AvgIpc) is 3.28. The van der Waals surface area contributed by atoms with Crippen molar-refractivity contribution in [3.8, 4) is 5.75 Å². The predicted octanol–water partition coefficient (Wildman–Crippen LogP) is 0.558. The Hall–Kier alpha value is -1.27. The third kappa shape index (κ3) is 6.88. The van der Waals surface area contributed by atoms with Crippen LogP contribution in [0.5, 0.6) is 5.75 Å². The van der Waals surface area contributed by atoms with Crippen LogP contribution in [0.2, 0.25) is 0 Å². The number of benzene rings is 2. The quantitative estimate of drug-likeness (QED) is 0.389. The van der Waals surface area contributed by atoms with Crippen molar-refractivity contribution in [3.05, 3.63) is 70.2 Å². The van der Waals surface area contributed by atoms with E-state index in [1.54, 1.807) is 17.5 Å². The molecule has 0 bridgehead atoms. The van der Waals surface area contributed by atoms with Crippen molar-refractivity contribution >= 4 is 33.0 Å². The standard InChI is InChI=1S/C23H26N2O5S2.K/c1-15(2)13-25(32(28,29)23-24-9-10-31-23)20-11-16(3)17(4)12-21(20)30-14-18-5-7-19(8-6-18)22(26)27;/h5-12,15H,13-14H2,1-4H3,(H,26,27);/q;+1/p-1. The molecule has 1 aromatic heterocycles. The molecule has 0 aliphatic rings. The summed E-state index contributed by atoms with van der Waals surface area (Å²) in [6, 6.07) is 9.83. The number of nitrogens with zero attached hydrogens (tertiary/aromatic N) is 2. The fraction of sp³-hybridized carbons (Fsp3) is 0.304. The Kier molecular flexibility index (Phi) is 10.1. The summed E-state index contributed by atoms with van der Waals surface area (Å²) in [6.07, 6.45) is 1.47. The first-order valence-corrected chi connectivity index (χ1v) is 12.4. The molecule has 7 nitrogen and oxygen atoms in total. The molecule has 3 aromatic rings. The van der Waals surface area contributed by atoms with Crippen LogP contribution in [0.15, 0.2) is 52.3 Å². The molecule has 0 amide bonds. The van der Waals surface area contributed by atoms with Crippen LogP contribution in [0.1, 0.15) is 40.9 Å². The molecule has 0 aliphatic carbocycles. The number of aromatic carboxylic acids is 1. The van der Waals surface area contributed by atoms with E-state index in [1.807, 2.05) is 39.8 Å². The number of anilines is 1. The van der Waals surface area contributed by atoms with Crippen LogP contribution in [-0.2, 0) is 16.6 Å². The molecular weight excluding hydrogens is 487 g/mol. The van der Waals surface area contributed by atoms with Gasteiger partial charge in [-0.1, -0.05) is 38.1 Å². The summed E-state index contributed by atoms with van der Waals surface area (Å²) in [6.45, 7) is 8.17. The minimum atomic E-state index is -3.87. The van der Waals surface area contributed by atoms with E-state index in [0.717, 1.165) is 28.0 Å². The molecule has 0 saturated heterocycles. The number of thiazole rings is 1. The number of carboxylic acid groups (broad SMARTS) is 1. The molecule has 0 N–H and O–H groups in total. The Morgan fingerprint density at radius 3 is 2.33 bits per heavy atom. The Morgan fingerprint density at radius 2 is 1.79 bits per heavy atom. The Bertz CT molecular complexity index is 1190. The first-order valence-electron chi connectivity index (χ1n) is 10.1. The Labute approximate surface area is 241 Å². The largest absolute Gasteiger partial charge is 1.00 e. The number of rotatable bonds is 9. The molecule has 0 unspecified atom stereocenters. The van der Waals surface area contributed by atoms with Gasteiger partial charge in [-0.05, 0) is 54.2 Å². The van der Waals surface area contributed by atoms with Gasteiger partial charge in [-0.2, -0.15) is 8.42 Å². The zero-order valence-corrected chi connectivity index (χ0v) is 24.1. The SMILES string of the molecule is Cc1cc(OCc2ccc(C(=O)[O-])cc2)c(N(CC(C)C)S(=O)(=O)c2nccs2)cc1C.[K+]. The van der Waals surface area contributed by atoms with E-state index in [9.17, 15) is 18.3 Å². The molecule has 0 fully saturated rings. The molecule has 1 heterocycles. The minimum Gasteiger partial charge on any atom is -0.545 e. The van der Waals surface area contributed by atoms with Gasteiger partial charge >= 0.3 is 51.4 Å². The van der Waals surface area contributed by atoms with Crippen LogP contribution < -0.4 is 65.5 Å². The number of sulfonamides is 1. The molecule has 0 saturated carbocycles. The second kappa shape index (κ2) is 11.9. The zero-order chi connectivity index (χ0) is 23.5. The fourth-order valence-electron chi connectivity index (χ4n) is 3.07. The zero-order valence-electron chi connectivity index (χ0n) is 19.4. The van der Waals surface area contributed by atoms with E-state index in [1.165, 1.54) is 22.6 Å². The van der Waals surface area contributed by atoms with Crippen molar-refractivity contribution in [2.45, 2.75) is 38.6 Å². The van der Waals surface area contributed by atoms with Crippen LogP contribution in [0, 0.1) is 19.8 Å². The van der Waals surface area contributed by atoms with Gasteiger partial charge < -0.3 is 14.6 Å². The Morgan fingerprint density at radius 1 is 1.15 bits per heavy atom. The van der Waals surface area contributed by atoms with E-state index in [2.05, 4.69) is 4.98 Å². The molecule has 0 aliphatic heterocycles. The molecular formula is C23H25KN2O5S2. The van der Waals surface area contributed by atoms with Crippen molar-refractivity contribution in [3.63, 3.8) is 0 Å². The van der Waals surface area contributed by atoms with Crippen molar-refractivity contribution in [2.24, 2.45) is 5.92 Å². The molecule has 10 heteroatoms. The summed E-state index contributed by atoms with van der Waals surface area (Å²) >= 11 is 1.07. The number of carboxylic acids is 1. The van der Waals surface area contributed by atoms with Gasteiger partial charge in [0.05, 0.1) is 11.7 Å². The first kappa shape index (κ1) is 28.0. The summed E-state index contributed by atoms with van der Waals surface area (Å²) < 4.78 is 34.3. The fourth-order valence-corrected chi connectivity index (χ4v) is 5.63. The van der Waals surface area contributed by atoms with E-state index in [0.29, 0.717) is 11.4 Å². The second-order valence-electron chi connectivity index (χ2n) is 7.91. The van der Waals surface area contributed by atoms with Crippen molar-refractivity contribution in [1.29, 1.82) is 0 Å². The molecule has 170 valence electrons. The topological polar surface area (TPSA) is 99.6 Å². The Balaban J connectivity index is 0.00000385. The van der Waals surface area contributed by atoms with Crippen molar-refractivity contribution in [1.82, 2.24) is 4.98 Å². The number of aromatic nitrogens is 1. The molecule has 2 aromatic carbocycles. The number of carbonyl (C=O) groups is 1. The summed E-state index contributed by atoms with van der Waals surface area (Å²) in [7, 11) is -3.87. The van der Waals surface area contributed by atoms with E-state index in [-0.39, 0.29) is 80.4 Å². The van der Waals surface area contributed by atoms with Gasteiger partial charge in [0.15, 0.2) is 0 Å². The number of hydrogen-bond donors (Lipinski definition) is 0. The van der Waals surface area contributed by atoms with Gasteiger partial charge in [0, 0.05) is 18.1 Å². The van der Waals surface area contributed by atoms with Gasteiger partial charge in [0.1, 0.15) is 12.4 Å². The van der Waals surface area contributed by atoms with E-state index in [4.69, 9.17) is 4.74 Å². The van der Waals surface area contributed by atoms with Crippen LogP contribution in [0.4, 0.5) is 5.69 Å². The van der Waals surface area contributed by atoms with Gasteiger partial charge in [0.2, 0.25) is 4.34 Å². The molecule has 0 spiro atoms. The second-order valence-corrected chi connectivity index (χ2v) is 10.8. The minimum absolute atomic E-state index is 0. The third-order valence-electron chi connectivity index (χ3n) is 4.88. The van der Waals surface area contributed by atoms with Gasteiger partial charge in [-0.25, -0.2) is 4.98 Å². The van der Waals surface area contributed by atoms with Crippen LogP contribution in [0.3, 0.4) is 0 Å². The normalized spacial score (nSPS) is 11.2. The van der Waals surface area contributed by atoms with Crippen LogP contribution in [-0.4, -0.2) is 25.9 Å². The smallest absolute Gasteiger partial charge is 0.545 e. The molecule has 0 atom stereocenters. The first-order chi connectivity index (χ1) is 15.1. The van der Waals surface area contributed by atoms with Crippen LogP contribution in [0.25, 0.3) is 0 Å². The maximum Gasteiger partial charge on any atom is 1.00 e. The van der Waals surface area contributed by atoms with Gasteiger partial charge in [0.25, 0.3) is 10.0 Å². The predicted molar refractivity (Wildman–Crippen MR) is 123 cm³/mol. The maximum absolute atomic E-state index is 13.4. The van der Waals surface area contributed by atoms with Crippen molar-refractivity contribution in [2.75, 3.05) is 10.8 Å². The summed E-state index contributed by atoms with van der Waals surface area (Å²) in [5.74, 6) is -0.750. The maximum atomic E-state index is 13.4. The summed E-state index contributed by atoms with van der Waals surface area (Å²) in [5, 5.41) is 12.6. The number of carbonyl (C=O) groups excluding carboxylic acids is 1. The summed E-state index contributed by atoms with van der Waals surface area (Å²) in [4.78, 5) is 15.0. The van der Waals surface area contributed by atoms with Gasteiger partial charge in [-0.3, -0.25) is 4.31 Å².